The van der Waals surface area contributed by atoms with Gasteiger partial charge in [0.2, 0.25) is 0 Å². The molecular formula is C15H23NO2S. The maximum Gasteiger partial charge on any atom is 0.161 e. The number of ether oxygens (including phenoxy) is 2. The molecule has 1 N–H and O–H groups in total. The molecule has 0 aliphatic carbocycles. The second-order valence-electron chi connectivity index (χ2n) is 4.88. The third kappa shape index (κ3) is 3.80. The first-order chi connectivity index (χ1) is 9.24. The zero-order valence-electron chi connectivity index (χ0n) is 11.9. The number of nitrogens with one attached hydrogen (secondary N) is 1. The number of benzene rings is 1. The molecule has 0 radical (unpaired) electrons. The van der Waals surface area contributed by atoms with E-state index in [1.54, 1.807) is 14.2 Å². The zero-order valence-corrected chi connectivity index (χ0v) is 12.8. The van der Waals surface area contributed by atoms with Crippen molar-refractivity contribution in [2.45, 2.75) is 31.1 Å². The molecule has 0 amide bonds. The molecule has 2 atom stereocenters. The minimum absolute atomic E-state index is 0.334. The summed E-state index contributed by atoms with van der Waals surface area (Å²) in [6.07, 6.45) is 2.71. The Kier molecular flexibility index (Phi) is 5.40. The lowest BCUT2D eigenvalue weighted by molar-refractivity contribution is 0.354. The Bertz CT molecular complexity index is 405. The van der Waals surface area contributed by atoms with Crippen molar-refractivity contribution >= 4 is 11.8 Å². The minimum atomic E-state index is 0.334. The zero-order chi connectivity index (χ0) is 13.7. The summed E-state index contributed by atoms with van der Waals surface area (Å²) in [7, 11) is 3.34. The summed E-state index contributed by atoms with van der Waals surface area (Å²) in [5.41, 5.74) is 1.24. The third-order valence-electron chi connectivity index (χ3n) is 3.58. The van der Waals surface area contributed by atoms with E-state index in [0.717, 1.165) is 23.3 Å². The van der Waals surface area contributed by atoms with Crippen LogP contribution in [0.1, 0.15) is 31.4 Å². The van der Waals surface area contributed by atoms with E-state index in [-0.39, 0.29) is 0 Å². The van der Waals surface area contributed by atoms with Crippen molar-refractivity contribution in [3.8, 4) is 11.5 Å². The summed E-state index contributed by atoms with van der Waals surface area (Å²) >= 11 is 2.09. The molecule has 1 aromatic rings. The predicted octanol–water partition coefficient (Wildman–Crippen LogP) is 3.25. The van der Waals surface area contributed by atoms with Crippen molar-refractivity contribution in [1.29, 1.82) is 0 Å². The van der Waals surface area contributed by atoms with Gasteiger partial charge in [-0.3, -0.25) is 0 Å². The van der Waals surface area contributed by atoms with Gasteiger partial charge in [0.05, 0.1) is 14.2 Å². The highest BCUT2D eigenvalue weighted by molar-refractivity contribution is 8.00. The number of rotatable bonds is 6. The maximum absolute atomic E-state index is 5.35. The molecule has 1 heterocycles. The average molecular weight is 281 g/mol. The van der Waals surface area contributed by atoms with Gasteiger partial charge >= 0.3 is 0 Å². The van der Waals surface area contributed by atoms with Crippen LogP contribution in [0.15, 0.2) is 18.2 Å². The SMILES string of the molecule is COc1ccc([C@H](C)NC[C@@H]2CCCS2)cc1OC. The van der Waals surface area contributed by atoms with Gasteiger partial charge in [-0.2, -0.15) is 11.8 Å². The van der Waals surface area contributed by atoms with E-state index in [9.17, 15) is 0 Å². The first-order valence-corrected chi connectivity index (χ1v) is 7.86. The second-order valence-corrected chi connectivity index (χ2v) is 6.29. The summed E-state index contributed by atoms with van der Waals surface area (Å²) < 4.78 is 10.6. The summed E-state index contributed by atoms with van der Waals surface area (Å²) in [5, 5.41) is 4.39. The van der Waals surface area contributed by atoms with Crippen LogP contribution in [0, 0.1) is 0 Å². The van der Waals surface area contributed by atoms with Crippen molar-refractivity contribution in [2.75, 3.05) is 26.5 Å². The molecular weight excluding hydrogens is 258 g/mol. The lowest BCUT2D eigenvalue weighted by atomic mass is 10.1. The fraction of sp³-hybridized carbons (Fsp3) is 0.600. The van der Waals surface area contributed by atoms with Crippen LogP contribution >= 0.6 is 11.8 Å². The highest BCUT2D eigenvalue weighted by Crippen LogP contribution is 2.30. The highest BCUT2D eigenvalue weighted by atomic mass is 32.2. The van der Waals surface area contributed by atoms with Gasteiger partial charge in [0, 0.05) is 17.8 Å². The molecule has 106 valence electrons. The molecule has 0 saturated carbocycles. The first-order valence-electron chi connectivity index (χ1n) is 6.81. The van der Waals surface area contributed by atoms with Crippen LogP contribution in [0.4, 0.5) is 0 Å². The Hall–Kier alpha value is -0.870. The van der Waals surface area contributed by atoms with Crippen molar-refractivity contribution in [3.63, 3.8) is 0 Å². The fourth-order valence-electron chi connectivity index (χ4n) is 2.35. The lowest BCUT2D eigenvalue weighted by Crippen LogP contribution is -2.26. The van der Waals surface area contributed by atoms with Gasteiger partial charge in [0.15, 0.2) is 11.5 Å². The Morgan fingerprint density at radius 3 is 2.74 bits per heavy atom. The smallest absolute Gasteiger partial charge is 0.161 e. The van der Waals surface area contributed by atoms with Crippen LogP contribution in [0.3, 0.4) is 0 Å². The van der Waals surface area contributed by atoms with E-state index in [4.69, 9.17) is 9.47 Å². The summed E-state index contributed by atoms with van der Waals surface area (Å²) in [4.78, 5) is 0. The van der Waals surface area contributed by atoms with Crippen LogP contribution in [0.25, 0.3) is 0 Å². The van der Waals surface area contributed by atoms with E-state index >= 15 is 0 Å². The van der Waals surface area contributed by atoms with Crippen LogP contribution in [0.5, 0.6) is 11.5 Å². The maximum atomic E-state index is 5.35. The molecule has 1 fully saturated rings. The van der Waals surface area contributed by atoms with E-state index in [0.29, 0.717) is 6.04 Å². The molecule has 0 spiro atoms. The monoisotopic (exact) mass is 281 g/mol. The highest BCUT2D eigenvalue weighted by Gasteiger charge is 2.17. The van der Waals surface area contributed by atoms with Crippen LogP contribution in [-0.2, 0) is 0 Å². The summed E-state index contributed by atoms with van der Waals surface area (Å²) in [6, 6.07) is 6.46. The summed E-state index contributed by atoms with van der Waals surface area (Å²) in [5.74, 6) is 2.89. The largest absolute Gasteiger partial charge is 0.493 e. The lowest BCUT2D eigenvalue weighted by Gasteiger charge is -2.18. The normalized spacial score (nSPS) is 20.3. The van der Waals surface area contributed by atoms with Crippen LogP contribution in [-0.4, -0.2) is 31.8 Å². The molecule has 2 rings (SSSR count). The molecule has 0 unspecified atom stereocenters. The van der Waals surface area contributed by atoms with E-state index in [2.05, 4.69) is 36.1 Å². The fourth-order valence-corrected chi connectivity index (χ4v) is 3.57. The molecule has 4 heteroatoms. The standard InChI is InChI=1S/C15H23NO2S/c1-11(16-10-13-5-4-8-19-13)12-6-7-14(17-2)15(9-12)18-3/h6-7,9,11,13,16H,4-5,8,10H2,1-3H3/t11-,13-/m0/s1. The molecule has 0 bridgehead atoms. The molecule has 1 aliphatic heterocycles. The van der Waals surface area contributed by atoms with Gasteiger partial charge in [-0.1, -0.05) is 6.07 Å². The van der Waals surface area contributed by atoms with Crippen molar-refractivity contribution < 1.29 is 9.47 Å². The topological polar surface area (TPSA) is 30.5 Å². The third-order valence-corrected chi connectivity index (χ3v) is 4.98. The minimum Gasteiger partial charge on any atom is -0.493 e. The van der Waals surface area contributed by atoms with Gasteiger partial charge in [-0.25, -0.2) is 0 Å². The van der Waals surface area contributed by atoms with E-state index in [1.165, 1.54) is 24.2 Å². The van der Waals surface area contributed by atoms with Crippen molar-refractivity contribution in [1.82, 2.24) is 5.32 Å². The van der Waals surface area contributed by atoms with Gasteiger partial charge in [-0.05, 0) is 43.2 Å². The molecule has 19 heavy (non-hydrogen) atoms. The summed E-state index contributed by atoms with van der Waals surface area (Å²) in [6.45, 7) is 3.28. The molecule has 1 saturated heterocycles. The number of hydrogen-bond acceptors (Lipinski definition) is 4. The molecule has 1 aromatic carbocycles. The molecule has 0 aromatic heterocycles. The Labute approximate surface area is 120 Å². The Morgan fingerprint density at radius 2 is 2.11 bits per heavy atom. The Balaban J connectivity index is 1.95. The predicted molar refractivity (Wildman–Crippen MR) is 81.4 cm³/mol. The Morgan fingerprint density at radius 1 is 1.32 bits per heavy atom. The quantitative estimate of drug-likeness (QED) is 0.867. The molecule has 3 nitrogen and oxygen atoms in total. The van der Waals surface area contributed by atoms with Gasteiger partial charge in [0.1, 0.15) is 0 Å². The number of hydrogen-bond donors (Lipinski definition) is 1. The van der Waals surface area contributed by atoms with E-state index < -0.39 is 0 Å². The number of thioether (sulfide) groups is 1. The van der Waals surface area contributed by atoms with Gasteiger partial charge in [-0.15, -0.1) is 0 Å². The van der Waals surface area contributed by atoms with Gasteiger partial charge in [0.25, 0.3) is 0 Å². The average Bonchev–Trinajstić information content (AvgIpc) is 2.97. The molecule has 1 aliphatic rings. The first kappa shape index (κ1) is 14.5. The van der Waals surface area contributed by atoms with Crippen molar-refractivity contribution in [2.24, 2.45) is 0 Å². The second kappa shape index (κ2) is 7.06. The van der Waals surface area contributed by atoms with Gasteiger partial charge < -0.3 is 14.8 Å². The van der Waals surface area contributed by atoms with Crippen molar-refractivity contribution in [3.05, 3.63) is 23.8 Å². The van der Waals surface area contributed by atoms with E-state index in [1.807, 2.05) is 6.07 Å². The van der Waals surface area contributed by atoms with Crippen LogP contribution < -0.4 is 14.8 Å². The number of methoxy groups -OCH3 is 2. The van der Waals surface area contributed by atoms with Crippen LogP contribution in [0.2, 0.25) is 0 Å².